The summed E-state index contributed by atoms with van der Waals surface area (Å²) in [5.41, 5.74) is 5.94. The van der Waals surface area contributed by atoms with Crippen molar-refractivity contribution in [2.75, 3.05) is 11.5 Å². The van der Waals surface area contributed by atoms with Crippen molar-refractivity contribution in [3.05, 3.63) is 45.9 Å². The van der Waals surface area contributed by atoms with Gasteiger partial charge in [-0.1, -0.05) is 13.0 Å². The van der Waals surface area contributed by atoms with E-state index < -0.39 is 28.0 Å². The first-order chi connectivity index (χ1) is 11.9. The van der Waals surface area contributed by atoms with E-state index in [0.29, 0.717) is 5.75 Å². The summed E-state index contributed by atoms with van der Waals surface area (Å²) < 4.78 is 36.3. The Morgan fingerprint density at radius 1 is 1.36 bits per heavy atom. The number of halogens is 2. The Morgan fingerprint density at radius 3 is 2.80 bits per heavy atom. The van der Waals surface area contributed by atoms with E-state index in [-0.39, 0.29) is 34.2 Å². The Balaban J connectivity index is 2.12. The molecule has 10 heteroatoms. The van der Waals surface area contributed by atoms with Crippen molar-refractivity contribution in [3.63, 3.8) is 0 Å². The first-order valence-corrected chi connectivity index (χ1v) is 8.92. The smallest absolute Gasteiger partial charge is 0.328 e. The molecule has 1 unspecified atom stereocenters. The van der Waals surface area contributed by atoms with E-state index in [1.54, 1.807) is 0 Å². The molecule has 2 heterocycles. The second kappa shape index (κ2) is 6.71. The molecule has 0 aliphatic heterocycles. The monoisotopic (exact) mass is 366 g/mol. The maximum Gasteiger partial charge on any atom is 0.328 e. The third-order valence-corrected chi connectivity index (χ3v) is 5.04. The second-order valence-electron chi connectivity index (χ2n) is 5.44. The normalized spacial score (nSPS) is 12.6. The number of anilines is 1. The summed E-state index contributed by atoms with van der Waals surface area (Å²) in [7, 11) is -0.958. The van der Waals surface area contributed by atoms with Crippen LogP contribution >= 0.6 is 0 Å². The molecule has 2 aromatic heterocycles. The number of nitrogens with one attached hydrogen (secondary N) is 2. The van der Waals surface area contributed by atoms with E-state index in [4.69, 9.17) is 10.5 Å². The highest BCUT2D eigenvalue weighted by Gasteiger charge is 2.16. The zero-order chi connectivity index (χ0) is 18.1. The highest BCUT2D eigenvalue weighted by molar-refractivity contribution is 7.85. The predicted octanol–water partition coefficient (Wildman–Crippen LogP) is 2.18. The Hall–Kier alpha value is -2.62. The number of benzene rings is 1. The van der Waals surface area contributed by atoms with Gasteiger partial charge in [-0.25, -0.2) is 23.5 Å². The molecule has 0 fully saturated rings. The fourth-order valence-corrected chi connectivity index (χ4v) is 3.40. The zero-order valence-electron chi connectivity index (χ0n) is 13.3. The molecular formula is C15H16F2N6OS. The summed E-state index contributed by atoms with van der Waals surface area (Å²) in [6.07, 6.45) is 0.786. The van der Waals surface area contributed by atoms with Gasteiger partial charge in [0.1, 0.15) is 17.2 Å². The SMILES string of the molecule is CCCS(=N)c1nc(N)c2[nH]c(=O)n(Cc3ccc(F)cc3F)c2n1. The van der Waals surface area contributed by atoms with Crippen LogP contribution in [0.15, 0.2) is 28.2 Å². The van der Waals surface area contributed by atoms with Crippen molar-refractivity contribution in [2.45, 2.75) is 25.0 Å². The van der Waals surface area contributed by atoms with Crippen molar-refractivity contribution in [1.29, 1.82) is 4.78 Å². The van der Waals surface area contributed by atoms with E-state index in [9.17, 15) is 13.6 Å². The number of aromatic nitrogens is 4. The minimum atomic E-state index is -0.958. The Labute approximate surface area is 143 Å². The topological polar surface area (TPSA) is 113 Å². The molecule has 0 spiro atoms. The van der Waals surface area contributed by atoms with E-state index >= 15 is 0 Å². The molecule has 0 radical (unpaired) electrons. The van der Waals surface area contributed by atoms with Crippen LogP contribution in [0, 0.1) is 16.4 Å². The van der Waals surface area contributed by atoms with Gasteiger partial charge in [0.05, 0.1) is 6.54 Å². The van der Waals surface area contributed by atoms with E-state index in [2.05, 4.69) is 15.0 Å². The summed E-state index contributed by atoms with van der Waals surface area (Å²) in [6, 6.07) is 3.15. The summed E-state index contributed by atoms with van der Waals surface area (Å²) in [5, 5.41) is 0.235. The number of aromatic amines is 1. The molecule has 0 saturated carbocycles. The van der Waals surface area contributed by atoms with Gasteiger partial charge in [-0.3, -0.25) is 9.35 Å². The lowest BCUT2D eigenvalue weighted by Gasteiger charge is -2.07. The van der Waals surface area contributed by atoms with Gasteiger partial charge in [0, 0.05) is 17.4 Å². The number of nitrogens with two attached hydrogens (primary N) is 1. The van der Waals surface area contributed by atoms with Gasteiger partial charge >= 0.3 is 5.69 Å². The Morgan fingerprint density at radius 2 is 2.12 bits per heavy atom. The lowest BCUT2D eigenvalue weighted by molar-refractivity contribution is 0.565. The van der Waals surface area contributed by atoms with Crippen LogP contribution in [0.1, 0.15) is 18.9 Å². The Kier molecular flexibility index (Phi) is 4.62. The molecule has 4 N–H and O–H groups in total. The molecule has 3 aromatic rings. The average Bonchev–Trinajstić information content (AvgIpc) is 2.87. The number of H-pyrrole nitrogens is 1. The largest absolute Gasteiger partial charge is 0.382 e. The highest BCUT2D eigenvalue weighted by atomic mass is 32.2. The van der Waals surface area contributed by atoms with Crippen molar-refractivity contribution < 1.29 is 8.78 Å². The summed E-state index contributed by atoms with van der Waals surface area (Å²) in [5.74, 6) is -0.808. The molecule has 1 atom stereocenters. The molecule has 0 bridgehead atoms. The standard InChI is InChI=1S/C15H16F2N6OS/c1-2-5-25(19)14-21-12(18)11-13(22-14)23(15(24)20-11)7-8-3-4-9(16)6-10(8)17/h3-4,6,19H,2,5,7H2,1H3,(H,20,24)(H2,18,21,22). The van der Waals surface area contributed by atoms with Gasteiger partial charge in [-0.2, -0.15) is 0 Å². The number of nitrogen functional groups attached to an aromatic ring is 1. The Bertz CT molecular complexity index is 1030. The van der Waals surface area contributed by atoms with E-state index in [1.807, 2.05) is 6.92 Å². The fourth-order valence-electron chi connectivity index (χ4n) is 2.40. The van der Waals surface area contributed by atoms with Crippen LogP contribution in [0.25, 0.3) is 11.2 Å². The number of hydrogen-bond donors (Lipinski definition) is 3. The van der Waals surface area contributed by atoms with E-state index in [1.165, 1.54) is 10.6 Å². The summed E-state index contributed by atoms with van der Waals surface area (Å²) >= 11 is 0. The van der Waals surface area contributed by atoms with Crippen LogP contribution < -0.4 is 11.4 Å². The first kappa shape index (κ1) is 17.2. The lowest BCUT2D eigenvalue weighted by atomic mass is 10.2. The lowest BCUT2D eigenvalue weighted by Crippen LogP contribution is -2.18. The predicted molar refractivity (Wildman–Crippen MR) is 91.5 cm³/mol. The van der Waals surface area contributed by atoms with Crippen LogP contribution in [-0.4, -0.2) is 25.3 Å². The van der Waals surface area contributed by atoms with Crippen LogP contribution in [0.3, 0.4) is 0 Å². The van der Waals surface area contributed by atoms with Crippen molar-refractivity contribution in [1.82, 2.24) is 19.5 Å². The van der Waals surface area contributed by atoms with E-state index in [0.717, 1.165) is 18.6 Å². The molecular weight excluding hydrogens is 350 g/mol. The third-order valence-electron chi connectivity index (χ3n) is 3.60. The van der Waals surface area contributed by atoms with Crippen molar-refractivity contribution in [3.8, 4) is 0 Å². The number of imidazole rings is 1. The second-order valence-corrected chi connectivity index (χ2v) is 6.99. The minimum absolute atomic E-state index is 0.0660. The maximum atomic E-state index is 13.9. The number of nitrogens with zero attached hydrogens (tertiary/aromatic N) is 3. The molecule has 0 saturated heterocycles. The van der Waals surface area contributed by atoms with Gasteiger partial charge in [0.15, 0.2) is 11.5 Å². The molecule has 132 valence electrons. The van der Waals surface area contributed by atoms with Crippen LogP contribution in [0.4, 0.5) is 14.6 Å². The fraction of sp³-hybridized carbons (Fsp3) is 0.267. The zero-order valence-corrected chi connectivity index (χ0v) is 14.2. The van der Waals surface area contributed by atoms with Crippen molar-refractivity contribution >= 4 is 27.7 Å². The number of hydrogen-bond acceptors (Lipinski definition) is 5. The van der Waals surface area contributed by atoms with Gasteiger partial charge in [0.25, 0.3) is 0 Å². The molecule has 0 amide bonds. The first-order valence-electron chi connectivity index (χ1n) is 7.52. The molecule has 0 aliphatic carbocycles. The summed E-state index contributed by atoms with van der Waals surface area (Å²) in [4.78, 5) is 23.2. The average molecular weight is 366 g/mol. The highest BCUT2D eigenvalue weighted by Crippen LogP contribution is 2.18. The van der Waals surface area contributed by atoms with Gasteiger partial charge < -0.3 is 10.7 Å². The molecule has 25 heavy (non-hydrogen) atoms. The van der Waals surface area contributed by atoms with Crippen molar-refractivity contribution in [2.24, 2.45) is 0 Å². The van der Waals surface area contributed by atoms with Gasteiger partial charge in [0.2, 0.25) is 5.16 Å². The van der Waals surface area contributed by atoms with Crippen LogP contribution in [0.5, 0.6) is 0 Å². The third kappa shape index (κ3) is 3.29. The number of rotatable bonds is 5. The maximum absolute atomic E-state index is 13.9. The minimum Gasteiger partial charge on any atom is -0.382 e. The quantitative estimate of drug-likeness (QED) is 0.601. The molecule has 3 rings (SSSR count). The van der Waals surface area contributed by atoms with Crippen LogP contribution in [-0.2, 0) is 17.2 Å². The molecule has 7 nitrogen and oxygen atoms in total. The molecule has 0 aliphatic rings. The van der Waals surface area contributed by atoms with Gasteiger partial charge in [-0.05, 0) is 23.2 Å². The van der Waals surface area contributed by atoms with Gasteiger partial charge in [-0.15, -0.1) is 0 Å². The summed E-state index contributed by atoms with van der Waals surface area (Å²) in [6.45, 7) is 1.81. The molecule has 1 aromatic carbocycles. The van der Waals surface area contributed by atoms with Crippen LogP contribution in [0.2, 0.25) is 0 Å². The number of fused-ring (bicyclic) bond motifs is 1.